The van der Waals surface area contributed by atoms with Gasteiger partial charge in [0.05, 0.1) is 18.4 Å². The van der Waals surface area contributed by atoms with E-state index >= 15 is 0 Å². The Hall–Kier alpha value is -4.53. The molecule has 0 amide bonds. The topological polar surface area (TPSA) is 72.7 Å². The van der Waals surface area contributed by atoms with Gasteiger partial charge in [0.25, 0.3) is 0 Å². The summed E-state index contributed by atoms with van der Waals surface area (Å²) in [7, 11) is 0. The number of Topliss-reactive ketones (excluding diaryl/α,β-unsaturated/α-hetero) is 1. The van der Waals surface area contributed by atoms with Gasteiger partial charge in [0, 0.05) is 16.8 Å². The Balaban J connectivity index is 1.59. The van der Waals surface area contributed by atoms with E-state index in [1.165, 1.54) is 19.1 Å². The van der Waals surface area contributed by atoms with Gasteiger partial charge in [-0.15, -0.1) is 0 Å². The molecule has 2 heterocycles. The first-order valence-electron chi connectivity index (χ1n) is 11.1. The number of alkyl halides is 3. The number of halogens is 3. The van der Waals surface area contributed by atoms with E-state index in [2.05, 4.69) is 10.3 Å². The van der Waals surface area contributed by atoms with Crippen LogP contribution in [0.5, 0.6) is 0 Å². The average Bonchev–Trinajstić information content (AvgIpc) is 3.27. The summed E-state index contributed by atoms with van der Waals surface area (Å²) in [6.45, 7) is 1.76. The summed E-state index contributed by atoms with van der Waals surface area (Å²) >= 11 is 0. The predicted molar refractivity (Wildman–Crippen MR) is 131 cm³/mol. The monoisotopic (exact) mass is 487 g/mol. The molecule has 9 heteroatoms. The Kier molecular flexibility index (Phi) is 5.97. The van der Waals surface area contributed by atoms with Gasteiger partial charge in [0.2, 0.25) is 0 Å². The number of carbonyl (C=O) groups excluding carboxylic acids is 1. The standard InChI is InChI=1S/C27H20F3N5O/c1-17(36)19-6-5-7-20(14-19)24-33-25(32-22-8-3-2-4-9-22)23-26(34-24)35(16-31-23)15-18-10-12-21(13-11-18)27(28,29)30/h2-14,16H,15H2,1H3,(H,32,33,34). The van der Waals surface area contributed by atoms with Crippen molar-refractivity contribution in [1.82, 2.24) is 19.5 Å². The van der Waals surface area contributed by atoms with Crippen molar-refractivity contribution in [2.45, 2.75) is 19.6 Å². The molecular weight excluding hydrogens is 467 g/mol. The molecule has 180 valence electrons. The predicted octanol–water partition coefficient (Wildman–Crippen LogP) is 6.51. The smallest absolute Gasteiger partial charge is 0.338 e. The number of imidazole rings is 1. The number of nitrogens with zero attached hydrogens (tertiary/aromatic N) is 4. The van der Waals surface area contributed by atoms with E-state index in [0.29, 0.717) is 39.5 Å². The molecule has 0 unspecified atom stereocenters. The van der Waals surface area contributed by atoms with E-state index in [1.807, 2.05) is 36.4 Å². The highest BCUT2D eigenvalue weighted by Gasteiger charge is 2.30. The van der Waals surface area contributed by atoms with E-state index in [-0.39, 0.29) is 12.3 Å². The van der Waals surface area contributed by atoms with Gasteiger partial charge in [-0.25, -0.2) is 15.0 Å². The van der Waals surface area contributed by atoms with Crippen molar-refractivity contribution in [3.8, 4) is 11.4 Å². The number of ketones is 1. The second-order valence-electron chi connectivity index (χ2n) is 8.26. The maximum atomic E-state index is 13.0. The zero-order valence-electron chi connectivity index (χ0n) is 19.1. The molecule has 36 heavy (non-hydrogen) atoms. The number of hydrogen-bond donors (Lipinski definition) is 1. The molecule has 0 fully saturated rings. The highest BCUT2D eigenvalue weighted by molar-refractivity contribution is 5.95. The lowest BCUT2D eigenvalue weighted by atomic mass is 10.1. The van der Waals surface area contributed by atoms with Crippen LogP contribution in [0.1, 0.15) is 28.4 Å². The molecule has 6 nitrogen and oxygen atoms in total. The molecule has 5 rings (SSSR count). The van der Waals surface area contributed by atoms with Crippen molar-refractivity contribution in [3.05, 3.63) is 102 Å². The first-order chi connectivity index (χ1) is 17.3. The maximum Gasteiger partial charge on any atom is 0.416 e. The van der Waals surface area contributed by atoms with E-state index < -0.39 is 11.7 Å². The molecule has 1 N–H and O–H groups in total. The van der Waals surface area contributed by atoms with E-state index in [1.54, 1.807) is 29.1 Å². The number of benzene rings is 3. The molecule has 0 aliphatic rings. The van der Waals surface area contributed by atoms with Crippen molar-refractivity contribution in [2.75, 3.05) is 5.32 Å². The Bertz CT molecular complexity index is 1540. The number of para-hydroxylation sites is 1. The second-order valence-corrected chi connectivity index (χ2v) is 8.26. The lowest BCUT2D eigenvalue weighted by molar-refractivity contribution is -0.137. The van der Waals surface area contributed by atoms with Gasteiger partial charge in [-0.2, -0.15) is 13.2 Å². The van der Waals surface area contributed by atoms with Crippen molar-refractivity contribution < 1.29 is 18.0 Å². The van der Waals surface area contributed by atoms with E-state index in [4.69, 9.17) is 9.97 Å². The van der Waals surface area contributed by atoms with Crippen LogP contribution in [0.15, 0.2) is 85.2 Å². The maximum absolute atomic E-state index is 13.0. The van der Waals surface area contributed by atoms with Crippen LogP contribution in [0.3, 0.4) is 0 Å². The van der Waals surface area contributed by atoms with Gasteiger partial charge in [-0.1, -0.05) is 48.5 Å². The van der Waals surface area contributed by atoms with Crippen LogP contribution in [0.25, 0.3) is 22.6 Å². The van der Waals surface area contributed by atoms with Crippen molar-refractivity contribution in [3.63, 3.8) is 0 Å². The number of hydrogen-bond acceptors (Lipinski definition) is 5. The van der Waals surface area contributed by atoms with Crippen LogP contribution >= 0.6 is 0 Å². The van der Waals surface area contributed by atoms with Crippen LogP contribution in [0, 0.1) is 0 Å². The Morgan fingerprint density at radius 3 is 2.39 bits per heavy atom. The molecule has 0 atom stereocenters. The third-order valence-electron chi connectivity index (χ3n) is 5.66. The first kappa shape index (κ1) is 23.2. The normalized spacial score (nSPS) is 11.6. The molecule has 0 saturated carbocycles. The van der Waals surface area contributed by atoms with Crippen molar-refractivity contribution in [1.29, 1.82) is 0 Å². The van der Waals surface area contributed by atoms with Crippen LogP contribution in [-0.2, 0) is 12.7 Å². The summed E-state index contributed by atoms with van der Waals surface area (Å²) in [4.78, 5) is 25.8. The van der Waals surface area contributed by atoms with Crippen LogP contribution in [0.4, 0.5) is 24.7 Å². The molecule has 0 aliphatic carbocycles. The number of carbonyl (C=O) groups is 1. The fourth-order valence-electron chi connectivity index (χ4n) is 3.81. The lowest BCUT2D eigenvalue weighted by Gasteiger charge is -2.11. The summed E-state index contributed by atoms with van der Waals surface area (Å²) in [6.07, 6.45) is -2.81. The highest BCUT2D eigenvalue weighted by atomic mass is 19.4. The summed E-state index contributed by atoms with van der Waals surface area (Å²) < 4.78 is 40.6. The van der Waals surface area contributed by atoms with Crippen LogP contribution < -0.4 is 5.32 Å². The third kappa shape index (κ3) is 4.81. The minimum absolute atomic E-state index is 0.0760. The van der Waals surface area contributed by atoms with Crippen molar-refractivity contribution in [2.24, 2.45) is 0 Å². The zero-order chi connectivity index (χ0) is 25.3. The summed E-state index contributed by atoms with van der Waals surface area (Å²) in [5, 5.41) is 3.28. The summed E-state index contributed by atoms with van der Waals surface area (Å²) in [5.41, 5.74) is 2.97. The van der Waals surface area contributed by atoms with Gasteiger partial charge in [-0.05, 0) is 42.8 Å². The van der Waals surface area contributed by atoms with Crippen LogP contribution in [-0.4, -0.2) is 25.3 Å². The van der Waals surface area contributed by atoms with Gasteiger partial charge in [-0.3, -0.25) is 4.79 Å². The van der Waals surface area contributed by atoms with Crippen molar-refractivity contribution >= 4 is 28.5 Å². The third-order valence-corrected chi connectivity index (χ3v) is 5.66. The fraction of sp³-hybridized carbons (Fsp3) is 0.111. The molecule has 0 saturated heterocycles. The second kappa shape index (κ2) is 9.26. The molecule has 5 aromatic rings. The average molecular weight is 487 g/mol. The SMILES string of the molecule is CC(=O)c1cccc(-c2nc(Nc3ccccc3)c3ncn(Cc4ccc(C(F)(F)F)cc4)c3n2)c1. The van der Waals surface area contributed by atoms with E-state index in [9.17, 15) is 18.0 Å². The minimum Gasteiger partial charge on any atom is -0.338 e. The van der Waals surface area contributed by atoms with E-state index in [0.717, 1.165) is 17.8 Å². The highest BCUT2D eigenvalue weighted by Crippen LogP contribution is 2.30. The zero-order valence-corrected chi connectivity index (χ0v) is 19.1. The molecule has 0 bridgehead atoms. The van der Waals surface area contributed by atoms with Crippen LogP contribution in [0.2, 0.25) is 0 Å². The number of aromatic nitrogens is 4. The Morgan fingerprint density at radius 2 is 1.69 bits per heavy atom. The van der Waals surface area contributed by atoms with Gasteiger partial charge in [0.1, 0.15) is 0 Å². The Labute approximate surface area is 204 Å². The molecule has 0 spiro atoms. The van der Waals surface area contributed by atoms with Gasteiger partial charge < -0.3 is 9.88 Å². The number of fused-ring (bicyclic) bond motifs is 1. The lowest BCUT2D eigenvalue weighted by Crippen LogP contribution is -2.06. The molecule has 0 radical (unpaired) electrons. The quantitative estimate of drug-likeness (QED) is 0.277. The molecular formula is C27H20F3N5O. The van der Waals surface area contributed by atoms with Gasteiger partial charge >= 0.3 is 6.18 Å². The first-order valence-corrected chi connectivity index (χ1v) is 11.1. The molecule has 2 aromatic heterocycles. The largest absolute Gasteiger partial charge is 0.416 e. The molecule has 0 aliphatic heterocycles. The molecule has 3 aromatic carbocycles. The Morgan fingerprint density at radius 1 is 0.944 bits per heavy atom. The number of anilines is 2. The number of nitrogens with one attached hydrogen (secondary N) is 1. The fourth-order valence-corrected chi connectivity index (χ4v) is 3.81. The minimum atomic E-state index is -4.39. The number of rotatable bonds is 6. The summed E-state index contributed by atoms with van der Waals surface area (Å²) in [6, 6.07) is 21.5. The summed E-state index contributed by atoms with van der Waals surface area (Å²) in [5.74, 6) is 0.784. The van der Waals surface area contributed by atoms with Gasteiger partial charge in [0.15, 0.2) is 28.6 Å².